The third-order valence-corrected chi connectivity index (χ3v) is 3.86. The predicted octanol–water partition coefficient (Wildman–Crippen LogP) is 1.55. The highest BCUT2D eigenvalue weighted by atomic mass is 32.2. The highest BCUT2D eigenvalue weighted by Crippen LogP contribution is 2.33. The molecule has 1 saturated heterocycles. The number of thiocarbonyl (C=S) groups is 1. The molecule has 10 heteroatoms. The van der Waals surface area contributed by atoms with Crippen LogP contribution in [-0.4, -0.2) is 31.2 Å². The van der Waals surface area contributed by atoms with Crippen molar-refractivity contribution in [2.24, 2.45) is 0 Å². The summed E-state index contributed by atoms with van der Waals surface area (Å²) in [5.74, 6) is -1.44. The van der Waals surface area contributed by atoms with Crippen LogP contribution in [0.4, 0.5) is 5.69 Å². The van der Waals surface area contributed by atoms with E-state index in [0.717, 1.165) is 22.8 Å². The highest BCUT2D eigenvalue weighted by Gasteiger charge is 2.33. The van der Waals surface area contributed by atoms with Crippen molar-refractivity contribution < 1.29 is 19.6 Å². The number of hydrogen-bond acceptors (Lipinski definition) is 7. The molecule has 0 aromatic heterocycles. The van der Waals surface area contributed by atoms with E-state index in [-0.39, 0.29) is 9.23 Å². The minimum Gasteiger partial charge on any atom is -0.502 e. The molecular formula is C12H9N3O5S2. The standard InChI is InChI=1S/C12H9N3O5S2/c1-6(16)13-14-11(18)10(22-12(14)21)5-7-2-3-9(17)8(4-7)15(19)20/h2-5,17H,1H3,(H,13,16)/b10-5+. The van der Waals surface area contributed by atoms with E-state index in [1.54, 1.807) is 0 Å². The number of carbonyl (C=O) groups is 2. The molecule has 1 aliphatic heterocycles. The Morgan fingerprint density at radius 2 is 2.23 bits per heavy atom. The summed E-state index contributed by atoms with van der Waals surface area (Å²) in [5.41, 5.74) is 2.18. The van der Waals surface area contributed by atoms with Gasteiger partial charge >= 0.3 is 5.69 Å². The minimum absolute atomic E-state index is 0.153. The number of amides is 2. The van der Waals surface area contributed by atoms with Crippen molar-refractivity contribution in [2.45, 2.75) is 6.92 Å². The number of phenols is 1. The first-order valence-electron chi connectivity index (χ1n) is 5.82. The summed E-state index contributed by atoms with van der Waals surface area (Å²) in [4.78, 5) is 33.4. The molecule has 0 unspecified atom stereocenters. The molecule has 1 aliphatic rings. The molecule has 0 bridgehead atoms. The molecule has 0 aliphatic carbocycles. The van der Waals surface area contributed by atoms with Crippen LogP contribution in [0, 0.1) is 10.1 Å². The first-order valence-corrected chi connectivity index (χ1v) is 7.04. The van der Waals surface area contributed by atoms with E-state index in [0.29, 0.717) is 5.56 Å². The van der Waals surface area contributed by atoms with Crippen LogP contribution < -0.4 is 5.43 Å². The molecule has 0 spiro atoms. The van der Waals surface area contributed by atoms with Gasteiger partial charge in [0.2, 0.25) is 5.91 Å². The van der Waals surface area contributed by atoms with Gasteiger partial charge in [0.25, 0.3) is 5.91 Å². The van der Waals surface area contributed by atoms with Crippen LogP contribution in [0.3, 0.4) is 0 Å². The molecule has 1 fully saturated rings. The van der Waals surface area contributed by atoms with Gasteiger partial charge in [-0.15, -0.1) is 0 Å². The Labute approximate surface area is 133 Å². The summed E-state index contributed by atoms with van der Waals surface area (Å²) in [5, 5.41) is 21.1. The number of benzene rings is 1. The van der Waals surface area contributed by atoms with Crippen molar-refractivity contribution >= 4 is 51.9 Å². The van der Waals surface area contributed by atoms with E-state index in [4.69, 9.17) is 12.2 Å². The van der Waals surface area contributed by atoms with Gasteiger partial charge < -0.3 is 5.11 Å². The molecule has 114 valence electrons. The molecule has 1 heterocycles. The summed E-state index contributed by atoms with van der Waals surface area (Å²) in [6.45, 7) is 1.24. The van der Waals surface area contributed by atoms with Gasteiger partial charge in [-0.2, -0.15) is 5.01 Å². The maximum atomic E-state index is 12.1. The number of nitrogens with zero attached hydrogens (tertiary/aromatic N) is 2. The average Bonchev–Trinajstić information content (AvgIpc) is 2.68. The third kappa shape index (κ3) is 3.23. The molecule has 1 aromatic carbocycles. The van der Waals surface area contributed by atoms with E-state index < -0.39 is 28.2 Å². The molecule has 2 rings (SSSR count). The number of hydrogen-bond donors (Lipinski definition) is 2. The van der Waals surface area contributed by atoms with E-state index >= 15 is 0 Å². The SMILES string of the molecule is CC(=O)NN1C(=O)/C(=C\c2ccc(O)c([N+](=O)[O-])c2)SC1=S. The second-order valence-electron chi connectivity index (χ2n) is 4.19. The van der Waals surface area contributed by atoms with Gasteiger partial charge in [0.15, 0.2) is 10.1 Å². The van der Waals surface area contributed by atoms with E-state index in [9.17, 15) is 24.8 Å². The van der Waals surface area contributed by atoms with Gasteiger partial charge in [-0.3, -0.25) is 25.1 Å². The first kappa shape index (κ1) is 15.9. The Hall–Kier alpha value is -2.46. The zero-order valence-electron chi connectivity index (χ0n) is 11.1. The zero-order valence-corrected chi connectivity index (χ0v) is 12.7. The van der Waals surface area contributed by atoms with Crippen molar-refractivity contribution in [2.75, 3.05) is 0 Å². The van der Waals surface area contributed by atoms with Crippen LogP contribution in [0.5, 0.6) is 5.75 Å². The molecule has 0 atom stereocenters. The van der Waals surface area contributed by atoms with Gasteiger partial charge in [0, 0.05) is 13.0 Å². The second-order valence-corrected chi connectivity index (χ2v) is 5.87. The third-order valence-electron chi connectivity index (χ3n) is 2.56. The Balaban J connectivity index is 2.33. The summed E-state index contributed by atoms with van der Waals surface area (Å²) in [6, 6.07) is 3.73. The topological polar surface area (TPSA) is 113 Å². The quantitative estimate of drug-likeness (QED) is 0.372. The summed E-state index contributed by atoms with van der Waals surface area (Å²) >= 11 is 5.94. The molecule has 2 amide bonds. The number of nitrogens with one attached hydrogen (secondary N) is 1. The smallest absolute Gasteiger partial charge is 0.311 e. The lowest BCUT2D eigenvalue weighted by atomic mass is 10.1. The number of carbonyl (C=O) groups excluding carboxylic acids is 2. The maximum Gasteiger partial charge on any atom is 0.311 e. The van der Waals surface area contributed by atoms with Gasteiger partial charge in [0.1, 0.15) is 0 Å². The molecule has 22 heavy (non-hydrogen) atoms. The highest BCUT2D eigenvalue weighted by molar-refractivity contribution is 8.26. The molecule has 8 nitrogen and oxygen atoms in total. The van der Waals surface area contributed by atoms with E-state index in [2.05, 4.69) is 5.43 Å². The normalized spacial score (nSPS) is 16.2. The number of phenolic OH excluding ortho intramolecular Hbond substituents is 1. The number of nitro benzene ring substituents is 1. The van der Waals surface area contributed by atoms with E-state index in [1.165, 1.54) is 25.1 Å². The molecule has 0 saturated carbocycles. The fraction of sp³-hybridized carbons (Fsp3) is 0.0833. The van der Waals surface area contributed by atoms with Gasteiger partial charge in [0.05, 0.1) is 9.83 Å². The number of hydrazine groups is 1. The molecule has 1 aromatic rings. The lowest BCUT2D eigenvalue weighted by molar-refractivity contribution is -0.385. The fourth-order valence-electron chi connectivity index (χ4n) is 1.65. The molecular weight excluding hydrogens is 330 g/mol. The molecule has 2 N–H and O–H groups in total. The predicted molar refractivity (Wildman–Crippen MR) is 83.6 cm³/mol. The van der Waals surface area contributed by atoms with Crippen LogP contribution in [-0.2, 0) is 9.59 Å². The van der Waals surface area contributed by atoms with Gasteiger partial charge in [-0.25, -0.2) is 0 Å². The van der Waals surface area contributed by atoms with E-state index in [1.807, 2.05) is 0 Å². The van der Waals surface area contributed by atoms with Crippen molar-refractivity contribution in [1.29, 1.82) is 0 Å². The van der Waals surface area contributed by atoms with Crippen LogP contribution in [0.2, 0.25) is 0 Å². The number of nitro groups is 1. The Kier molecular flexibility index (Phi) is 4.43. The Morgan fingerprint density at radius 1 is 1.55 bits per heavy atom. The van der Waals surface area contributed by atoms with Crippen LogP contribution >= 0.6 is 24.0 Å². The lowest BCUT2D eigenvalue weighted by Crippen LogP contribution is -2.43. The maximum absolute atomic E-state index is 12.1. The number of aromatic hydroxyl groups is 1. The summed E-state index contributed by atoms with van der Waals surface area (Å²) < 4.78 is 0.153. The van der Waals surface area contributed by atoms with Crippen LogP contribution in [0.1, 0.15) is 12.5 Å². The Bertz CT molecular complexity index is 731. The van der Waals surface area contributed by atoms with Crippen molar-refractivity contribution in [3.8, 4) is 5.75 Å². The average molecular weight is 339 g/mol. The first-order chi connectivity index (χ1) is 10.3. The lowest BCUT2D eigenvalue weighted by Gasteiger charge is -2.13. The second kappa shape index (κ2) is 6.12. The molecule has 0 radical (unpaired) electrons. The fourth-order valence-corrected chi connectivity index (χ4v) is 2.83. The summed E-state index contributed by atoms with van der Waals surface area (Å²) in [6.07, 6.45) is 1.40. The van der Waals surface area contributed by atoms with Crippen LogP contribution in [0.25, 0.3) is 6.08 Å². The van der Waals surface area contributed by atoms with Gasteiger partial charge in [-0.1, -0.05) is 17.8 Å². The summed E-state index contributed by atoms with van der Waals surface area (Å²) in [7, 11) is 0. The van der Waals surface area contributed by atoms with Crippen molar-refractivity contribution in [1.82, 2.24) is 10.4 Å². The monoisotopic (exact) mass is 339 g/mol. The van der Waals surface area contributed by atoms with Crippen molar-refractivity contribution in [3.63, 3.8) is 0 Å². The van der Waals surface area contributed by atoms with Gasteiger partial charge in [-0.05, 0) is 29.9 Å². The zero-order chi connectivity index (χ0) is 16.4. The Morgan fingerprint density at radius 3 is 2.82 bits per heavy atom. The number of rotatable bonds is 3. The minimum atomic E-state index is -0.727. The number of thioether (sulfide) groups is 1. The largest absolute Gasteiger partial charge is 0.502 e. The van der Waals surface area contributed by atoms with Crippen molar-refractivity contribution in [3.05, 3.63) is 38.8 Å². The van der Waals surface area contributed by atoms with Crippen LogP contribution in [0.15, 0.2) is 23.1 Å².